The van der Waals surface area contributed by atoms with Crippen LogP contribution >= 0.6 is 11.8 Å². The number of rotatable bonds is 7. The number of carbonyl (C=O) groups is 1. The molecule has 0 bridgehead atoms. The van der Waals surface area contributed by atoms with Gasteiger partial charge in [0.05, 0.1) is 18.2 Å². The fraction of sp³-hybridized carbons (Fsp3) is 0.529. The Kier molecular flexibility index (Phi) is 6.74. The third-order valence-electron chi connectivity index (χ3n) is 3.71. The van der Waals surface area contributed by atoms with E-state index in [0.717, 1.165) is 16.3 Å². The topological polar surface area (TPSA) is 123 Å². The van der Waals surface area contributed by atoms with Gasteiger partial charge in [0.15, 0.2) is 5.65 Å². The number of aromatic nitrogens is 4. The first-order chi connectivity index (χ1) is 12.8. The highest BCUT2D eigenvalue weighted by Crippen LogP contribution is 2.22. The summed E-state index contributed by atoms with van der Waals surface area (Å²) in [6, 6.07) is 1.95. The lowest BCUT2D eigenvalue weighted by molar-refractivity contribution is -0.118. The summed E-state index contributed by atoms with van der Waals surface area (Å²) in [5.74, 6) is 0.386. The summed E-state index contributed by atoms with van der Waals surface area (Å²) in [6.07, 6.45) is 0.230. The molecule has 2 rings (SSSR count). The van der Waals surface area contributed by atoms with Crippen LogP contribution in [-0.2, 0) is 18.4 Å². The van der Waals surface area contributed by atoms with Crippen LogP contribution in [0.2, 0.25) is 0 Å². The van der Waals surface area contributed by atoms with Crippen LogP contribution in [0, 0.1) is 24.2 Å². The third-order valence-corrected chi connectivity index (χ3v) is 4.68. The van der Waals surface area contributed by atoms with Gasteiger partial charge in [0.2, 0.25) is 5.91 Å². The first-order valence-corrected chi connectivity index (χ1v) is 9.49. The van der Waals surface area contributed by atoms with Crippen molar-refractivity contribution in [2.45, 2.75) is 38.8 Å². The smallest absolute Gasteiger partial charge is 0.332 e. The number of fused-ring (bicyclic) bond motifs is 1. The van der Waals surface area contributed by atoms with E-state index in [1.807, 2.05) is 19.9 Å². The van der Waals surface area contributed by atoms with E-state index in [2.05, 4.69) is 15.3 Å². The molecule has 0 atom stereocenters. The standard InChI is InChI=1S/C17H22N6O3S/c1-10(2)8-23-14-13(16(25)22(4)17(23)26)15(21-11(3)20-14)27-9-12(24)19-7-5-6-18/h10H,5,7-9H2,1-4H3,(H,19,24). The van der Waals surface area contributed by atoms with Crippen molar-refractivity contribution in [1.82, 2.24) is 24.4 Å². The molecule has 0 aliphatic carbocycles. The van der Waals surface area contributed by atoms with Gasteiger partial charge < -0.3 is 5.32 Å². The monoisotopic (exact) mass is 390 g/mol. The van der Waals surface area contributed by atoms with E-state index in [4.69, 9.17) is 5.26 Å². The molecule has 0 aromatic carbocycles. The quantitative estimate of drug-likeness (QED) is 0.417. The average Bonchev–Trinajstić information content (AvgIpc) is 2.61. The lowest BCUT2D eigenvalue weighted by atomic mass is 10.2. The molecule has 0 radical (unpaired) electrons. The molecule has 0 saturated carbocycles. The SMILES string of the molecule is Cc1nc(SCC(=O)NCCC#N)c2c(=O)n(C)c(=O)n(CC(C)C)c2n1. The molecule has 1 amide bonds. The Morgan fingerprint density at radius 2 is 2.04 bits per heavy atom. The van der Waals surface area contributed by atoms with Crippen molar-refractivity contribution in [3.8, 4) is 6.07 Å². The van der Waals surface area contributed by atoms with E-state index in [-0.39, 0.29) is 41.6 Å². The predicted molar refractivity (Wildman–Crippen MR) is 103 cm³/mol. The Morgan fingerprint density at radius 3 is 2.67 bits per heavy atom. The van der Waals surface area contributed by atoms with Gasteiger partial charge in [0.25, 0.3) is 5.56 Å². The predicted octanol–water partition coefficient (Wildman–Crippen LogP) is 0.577. The molecule has 0 aliphatic rings. The molecule has 1 N–H and O–H groups in total. The van der Waals surface area contributed by atoms with Gasteiger partial charge in [-0.2, -0.15) is 5.26 Å². The maximum absolute atomic E-state index is 12.7. The summed E-state index contributed by atoms with van der Waals surface area (Å²) in [7, 11) is 1.42. The van der Waals surface area contributed by atoms with Gasteiger partial charge >= 0.3 is 5.69 Å². The Bertz CT molecular complexity index is 1020. The number of hydrogen-bond donors (Lipinski definition) is 1. The molecule has 27 heavy (non-hydrogen) atoms. The van der Waals surface area contributed by atoms with Gasteiger partial charge in [-0.1, -0.05) is 25.6 Å². The van der Waals surface area contributed by atoms with E-state index >= 15 is 0 Å². The van der Waals surface area contributed by atoms with E-state index in [0.29, 0.717) is 17.4 Å². The number of nitrogens with one attached hydrogen (secondary N) is 1. The number of amides is 1. The lowest BCUT2D eigenvalue weighted by Gasteiger charge is -2.15. The molecular formula is C17H22N6O3S. The molecule has 2 aromatic rings. The van der Waals surface area contributed by atoms with Crippen molar-refractivity contribution in [3.63, 3.8) is 0 Å². The average molecular weight is 390 g/mol. The molecule has 10 heteroatoms. The first-order valence-electron chi connectivity index (χ1n) is 8.50. The second-order valence-corrected chi connectivity index (χ2v) is 7.44. The molecular weight excluding hydrogens is 368 g/mol. The van der Waals surface area contributed by atoms with E-state index < -0.39 is 11.2 Å². The first kappa shape index (κ1) is 20.6. The third kappa shape index (κ3) is 4.74. The van der Waals surface area contributed by atoms with E-state index in [9.17, 15) is 14.4 Å². The Balaban J connectivity index is 2.50. The zero-order valence-electron chi connectivity index (χ0n) is 15.8. The number of nitrogens with zero attached hydrogens (tertiary/aromatic N) is 5. The molecule has 0 saturated heterocycles. The fourth-order valence-electron chi connectivity index (χ4n) is 2.52. The lowest BCUT2D eigenvalue weighted by Crippen LogP contribution is -2.39. The summed E-state index contributed by atoms with van der Waals surface area (Å²) in [4.78, 5) is 45.8. The van der Waals surface area contributed by atoms with Crippen LogP contribution in [0.3, 0.4) is 0 Å². The molecule has 144 valence electrons. The van der Waals surface area contributed by atoms with Gasteiger partial charge in [-0.05, 0) is 12.8 Å². The molecule has 0 aliphatic heterocycles. The van der Waals surface area contributed by atoms with Crippen LogP contribution in [0.25, 0.3) is 11.0 Å². The Labute approximate surface area is 160 Å². The summed E-state index contributed by atoms with van der Waals surface area (Å²) < 4.78 is 2.52. The van der Waals surface area contributed by atoms with Crippen LogP contribution in [0.5, 0.6) is 0 Å². The van der Waals surface area contributed by atoms with Gasteiger partial charge in [0.1, 0.15) is 16.2 Å². The Hall–Kier alpha value is -2.67. The summed E-state index contributed by atoms with van der Waals surface area (Å²) in [5, 5.41) is 11.7. The zero-order valence-corrected chi connectivity index (χ0v) is 16.6. The zero-order chi connectivity index (χ0) is 20.1. The van der Waals surface area contributed by atoms with Crippen molar-refractivity contribution in [2.24, 2.45) is 13.0 Å². The van der Waals surface area contributed by atoms with E-state index in [1.165, 1.54) is 11.6 Å². The number of aryl methyl sites for hydroxylation is 1. The van der Waals surface area contributed by atoms with E-state index in [1.54, 1.807) is 6.92 Å². The molecule has 0 unspecified atom stereocenters. The van der Waals surface area contributed by atoms with Crippen molar-refractivity contribution < 1.29 is 4.79 Å². The summed E-state index contributed by atoms with van der Waals surface area (Å²) in [6.45, 7) is 6.31. The van der Waals surface area contributed by atoms with Crippen LogP contribution in [0.1, 0.15) is 26.1 Å². The number of carbonyl (C=O) groups excluding carboxylic acids is 1. The van der Waals surface area contributed by atoms with Crippen molar-refractivity contribution >= 4 is 28.7 Å². The minimum atomic E-state index is -0.484. The van der Waals surface area contributed by atoms with Gasteiger partial charge in [-0.15, -0.1) is 0 Å². The second-order valence-electron chi connectivity index (χ2n) is 6.47. The van der Waals surface area contributed by atoms with Gasteiger partial charge in [0, 0.05) is 20.1 Å². The molecule has 9 nitrogen and oxygen atoms in total. The molecule has 2 aromatic heterocycles. The molecule has 0 spiro atoms. The minimum absolute atomic E-state index is 0.0451. The fourth-order valence-corrected chi connectivity index (χ4v) is 3.41. The van der Waals surface area contributed by atoms with Crippen molar-refractivity contribution in [1.29, 1.82) is 5.26 Å². The van der Waals surface area contributed by atoms with Crippen LogP contribution in [0.4, 0.5) is 0 Å². The maximum Gasteiger partial charge on any atom is 0.332 e. The van der Waals surface area contributed by atoms with Crippen LogP contribution in [0.15, 0.2) is 14.6 Å². The van der Waals surface area contributed by atoms with Gasteiger partial charge in [-0.3, -0.25) is 18.7 Å². The highest BCUT2D eigenvalue weighted by molar-refractivity contribution is 8.00. The molecule has 2 heterocycles. The second kappa shape index (κ2) is 8.81. The highest BCUT2D eigenvalue weighted by atomic mass is 32.2. The number of thioether (sulfide) groups is 1. The number of hydrogen-bond acceptors (Lipinski definition) is 7. The highest BCUT2D eigenvalue weighted by Gasteiger charge is 2.19. The maximum atomic E-state index is 12.7. The normalized spacial score (nSPS) is 11.0. The Morgan fingerprint density at radius 1 is 1.33 bits per heavy atom. The van der Waals surface area contributed by atoms with Gasteiger partial charge in [-0.25, -0.2) is 14.8 Å². The van der Waals surface area contributed by atoms with Crippen LogP contribution in [-0.4, -0.2) is 37.3 Å². The van der Waals surface area contributed by atoms with Crippen LogP contribution < -0.4 is 16.6 Å². The summed E-state index contributed by atoms with van der Waals surface area (Å²) in [5.41, 5.74) is -0.622. The van der Waals surface area contributed by atoms with Crippen molar-refractivity contribution in [3.05, 3.63) is 26.7 Å². The largest absolute Gasteiger partial charge is 0.354 e. The summed E-state index contributed by atoms with van der Waals surface area (Å²) >= 11 is 1.11. The number of nitriles is 1. The minimum Gasteiger partial charge on any atom is -0.354 e. The molecule has 0 fully saturated rings. The van der Waals surface area contributed by atoms with Crippen molar-refractivity contribution in [2.75, 3.05) is 12.3 Å².